The molecule has 19 heavy (non-hydrogen) atoms. The molecule has 0 fully saturated rings. The molecule has 98 valence electrons. The molecule has 0 aliphatic rings. The van der Waals surface area contributed by atoms with E-state index in [4.69, 9.17) is 11.6 Å². The third-order valence-electron chi connectivity index (χ3n) is 3.19. The number of likely N-dealkylation sites (N-methyl/N-ethyl adjacent to an activating group) is 1. The second-order valence-electron chi connectivity index (χ2n) is 4.39. The number of thiazole rings is 1. The minimum absolute atomic E-state index is 0.179. The van der Waals surface area contributed by atoms with Gasteiger partial charge in [-0.25, -0.2) is 4.98 Å². The summed E-state index contributed by atoms with van der Waals surface area (Å²) in [6.45, 7) is 0. The van der Waals surface area contributed by atoms with Gasteiger partial charge in [0, 0.05) is 35.3 Å². The summed E-state index contributed by atoms with van der Waals surface area (Å²) in [7, 11) is 1.95. The van der Waals surface area contributed by atoms with E-state index in [0.717, 1.165) is 27.7 Å². The van der Waals surface area contributed by atoms with Crippen molar-refractivity contribution in [2.45, 2.75) is 12.5 Å². The van der Waals surface area contributed by atoms with Crippen molar-refractivity contribution < 1.29 is 0 Å². The molecule has 1 unspecified atom stereocenters. The molecule has 2 heterocycles. The number of rotatable bonds is 4. The number of halogens is 1. The van der Waals surface area contributed by atoms with Crippen molar-refractivity contribution in [2.24, 2.45) is 0 Å². The topological polar surface area (TPSA) is 29.3 Å². The first-order valence-corrected chi connectivity index (χ1v) is 7.36. The molecule has 1 N–H and O–H groups in total. The van der Waals surface area contributed by atoms with Crippen LogP contribution in [0.1, 0.15) is 17.3 Å². The maximum atomic E-state index is 6.26. The molecule has 0 saturated carbocycles. The largest absolute Gasteiger partial charge is 0.313 e. The van der Waals surface area contributed by atoms with Gasteiger partial charge in [-0.05, 0) is 18.7 Å². The summed E-state index contributed by atoms with van der Waals surface area (Å²) in [6, 6.07) is 8.12. The molecule has 1 atom stereocenters. The lowest BCUT2D eigenvalue weighted by Gasteiger charge is -2.16. The van der Waals surface area contributed by atoms with Crippen molar-refractivity contribution in [2.75, 3.05) is 7.05 Å². The third kappa shape index (κ3) is 2.52. The molecule has 0 aliphatic heterocycles. The van der Waals surface area contributed by atoms with Crippen molar-refractivity contribution in [3.05, 3.63) is 58.3 Å². The average molecular weight is 292 g/mol. The molecule has 0 radical (unpaired) electrons. The number of fused-ring (bicyclic) bond motifs is 1. The van der Waals surface area contributed by atoms with Crippen LogP contribution in [-0.4, -0.2) is 16.4 Å². The van der Waals surface area contributed by atoms with E-state index in [0.29, 0.717) is 0 Å². The third-order valence-corrected chi connectivity index (χ3v) is 4.30. The van der Waals surface area contributed by atoms with E-state index in [9.17, 15) is 0 Å². The van der Waals surface area contributed by atoms with Gasteiger partial charge in [0.2, 0.25) is 0 Å². The van der Waals surface area contributed by atoms with Crippen LogP contribution in [0.25, 0.3) is 4.96 Å². The van der Waals surface area contributed by atoms with Crippen molar-refractivity contribution in [3.8, 4) is 0 Å². The zero-order chi connectivity index (χ0) is 13.2. The molecule has 0 bridgehead atoms. The van der Waals surface area contributed by atoms with E-state index < -0.39 is 0 Å². The Morgan fingerprint density at radius 2 is 2.26 bits per heavy atom. The van der Waals surface area contributed by atoms with Gasteiger partial charge >= 0.3 is 0 Å². The highest BCUT2D eigenvalue weighted by molar-refractivity contribution is 7.15. The summed E-state index contributed by atoms with van der Waals surface area (Å²) < 4.78 is 2.05. The van der Waals surface area contributed by atoms with Crippen LogP contribution in [0.5, 0.6) is 0 Å². The van der Waals surface area contributed by atoms with Crippen LogP contribution in [-0.2, 0) is 6.42 Å². The lowest BCUT2D eigenvalue weighted by atomic mass is 10.0. The highest BCUT2D eigenvalue weighted by atomic mass is 35.5. The van der Waals surface area contributed by atoms with Crippen LogP contribution in [0.2, 0.25) is 5.02 Å². The van der Waals surface area contributed by atoms with E-state index in [2.05, 4.69) is 27.0 Å². The van der Waals surface area contributed by atoms with Gasteiger partial charge in [0.1, 0.15) is 0 Å². The van der Waals surface area contributed by atoms with E-state index in [1.165, 1.54) is 0 Å². The number of hydrogen-bond acceptors (Lipinski definition) is 3. The molecule has 0 saturated heterocycles. The Hall–Kier alpha value is -1.36. The minimum atomic E-state index is 0.179. The molecule has 0 amide bonds. The summed E-state index contributed by atoms with van der Waals surface area (Å²) in [4.78, 5) is 5.65. The quantitative estimate of drug-likeness (QED) is 0.796. The lowest BCUT2D eigenvalue weighted by molar-refractivity contribution is 0.586. The summed E-state index contributed by atoms with van der Waals surface area (Å²) in [5, 5.41) is 6.15. The van der Waals surface area contributed by atoms with Crippen LogP contribution in [0.15, 0.2) is 42.0 Å². The monoisotopic (exact) mass is 291 g/mol. The van der Waals surface area contributed by atoms with Gasteiger partial charge in [0.15, 0.2) is 4.96 Å². The maximum Gasteiger partial charge on any atom is 0.193 e. The first kappa shape index (κ1) is 12.7. The fraction of sp³-hybridized carbons (Fsp3) is 0.214. The van der Waals surface area contributed by atoms with Crippen molar-refractivity contribution in [3.63, 3.8) is 0 Å². The average Bonchev–Trinajstić information content (AvgIpc) is 2.97. The molecule has 0 aliphatic carbocycles. The molecular weight excluding hydrogens is 278 g/mol. The summed E-state index contributed by atoms with van der Waals surface area (Å²) in [6.07, 6.45) is 4.93. The van der Waals surface area contributed by atoms with Crippen LogP contribution < -0.4 is 5.32 Å². The highest BCUT2D eigenvalue weighted by Gasteiger charge is 2.15. The number of imidazole rings is 1. The Morgan fingerprint density at radius 3 is 3.00 bits per heavy atom. The van der Waals surface area contributed by atoms with Crippen molar-refractivity contribution >= 4 is 27.9 Å². The van der Waals surface area contributed by atoms with Gasteiger partial charge in [-0.2, -0.15) is 0 Å². The van der Waals surface area contributed by atoms with E-state index >= 15 is 0 Å². The molecule has 5 heteroatoms. The summed E-state index contributed by atoms with van der Waals surface area (Å²) in [5.74, 6) is 0. The van der Waals surface area contributed by atoms with Crippen molar-refractivity contribution in [1.29, 1.82) is 0 Å². The van der Waals surface area contributed by atoms with Crippen LogP contribution in [0.4, 0.5) is 0 Å². The maximum absolute atomic E-state index is 6.26. The first-order chi connectivity index (χ1) is 9.28. The number of benzene rings is 1. The van der Waals surface area contributed by atoms with Gasteiger partial charge in [-0.1, -0.05) is 29.8 Å². The summed E-state index contributed by atoms with van der Waals surface area (Å²) in [5.41, 5.74) is 2.19. The Labute approximate surface area is 120 Å². The SMILES string of the molecule is CNC(Cc1cn2ccsc2n1)c1ccccc1Cl. The Kier molecular flexibility index (Phi) is 3.55. The number of nitrogens with zero attached hydrogens (tertiary/aromatic N) is 2. The number of nitrogens with one attached hydrogen (secondary N) is 1. The van der Waals surface area contributed by atoms with Crippen molar-refractivity contribution in [1.82, 2.24) is 14.7 Å². The molecule has 2 aromatic heterocycles. The fourth-order valence-corrected chi connectivity index (χ4v) is 3.20. The van der Waals surface area contributed by atoms with Gasteiger partial charge < -0.3 is 5.32 Å². The van der Waals surface area contributed by atoms with Gasteiger partial charge in [-0.15, -0.1) is 11.3 Å². The molecule has 3 nitrogen and oxygen atoms in total. The second-order valence-corrected chi connectivity index (χ2v) is 5.67. The Morgan fingerprint density at radius 1 is 1.42 bits per heavy atom. The normalized spacial score (nSPS) is 12.9. The zero-order valence-corrected chi connectivity index (χ0v) is 12.1. The van der Waals surface area contributed by atoms with Crippen LogP contribution in [0.3, 0.4) is 0 Å². The zero-order valence-electron chi connectivity index (χ0n) is 10.5. The van der Waals surface area contributed by atoms with Gasteiger partial charge in [0.25, 0.3) is 0 Å². The minimum Gasteiger partial charge on any atom is -0.313 e. The van der Waals surface area contributed by atoms with E-state index in [-0.39, 0.29) is 6.04 Å². The van der Waals surface area contributed by atoms with Crippen LogP contribution >= 0.6 is 22.9 Å². The summed E-state index contributed by atoms with van der Waals surface area (Å²) >= 11 is 7.91. The molecular formula is C14H14ClN3S. The number of aromatic nitrogens is 2. The van der Waals surface area contributed by atoms with Crippen LogP contribution in [0, 0.1) is 0 Å². The first-order valence-electron chi connectivity index (χ1n) is 6.10. The Balaban J connectivity index is 1.87. The molecule has 3 aromatic rings. The predicted octanol–water partition coefficient (Wildman–Crippen LogP) is 3.55. The number of hydrogen-bond donors (Lipinski definition) is 1. The van der Waals surface area contributed by atoms with E-state index in [1.54, 1.807) is 11.3 Å². The lowest BCUT2D eigenvalue weighted by Crippen LogP contribution is -2.19. The predicted molar refractivity (Wildman–Crippen MR) is 80.0 cm³/mol. The molecule has 3 rings (SSSR count). The standard InChI is InChI=1S/C14H14ClN3S/c1-16-13(11-4-2-3-5-12(11)15)8-10-9-18-6-7-19-14(18)17-10/h2-7,9,13,16H,8H2,1H3. The molecule has 1 aromatic carbocycles. The highest BCUT2D eigenvalue weighted by Crippen LogP contribution is 2.25. The second kappa shape index (κ2) is 5.33. The smallest absolute Gasteiger partial charge is 0.193 e. The van der Waals surface area contributed by atoms with Gasteiger partial charge in [-0.3, -0.25) is 4.40 Å². The molecule has 0 spiro atoms. The fourth-order valence-electron chi connectivity index (χ4n) is 2.21. The van der Waals surface area contributed by atoms with E-state index in [1.807, 2.05) is 36.8 Å². The Bertz CT molecular complexity index is 660. The van der Waals surface area contributed by atoms with Gasteiger partial charge in [0.05, 0.1) is 5.69 Å².